The number of aromatic hydroxyl groups is 2. The first kappa shape index (κ1) is 24.1. The molecule has 0 saturated carbocycles. The Balaban J connectivity index is 1.76. The number of phenols is 2. The Kier molecular flexibility index (Phi) is 8.80. The molecule has 2 aromatic rings. The van der Waals surface area contributed by atoms with Crippen molar-refractivity contribution in [1.29, 1.82) is 0 Å². The molecule has 2 rings (SSSR count). The Morgan fingerprint density at radius 2 is 1.13 bits per heavy atom. The van der Waals surface area contributed by atoms with E-state index in [4.69, 9.17) is 14.2 Å². The Bertz CT molecular complexity index is 836. The minimum Gasteiger partial charge on any atom is -0.507 e. The fourth-order valence-electron chi connectivity index (χ4n) is 2.80. The molecule has 2 aromatic carbocycles. The summed E-state index contributed by atoms with van der Waals surface area (Å²) in [4.78, 5) is 23.2. The van der Waals surface area contributed by atoms with Crippen LogP contribution in [0.1, 0.15) is 34.6 Å². The maximum absolute atomic E-state index is 11.6. The molecule has 2 atom stereocenters. The Labute approximate surface area is 179 Å². The lowest BCUT2D eigenvalue weighted by Crippen LogP contribution is -2.29. The minimum atomic E-state index is -1.05. The summed E-state index contributed by atoms with van der Waals surface area (Å²) in [5.74, 6) is -0.875. The third-order valence-corrected chi connectivity index (χ3v) is 4.20. The molecule has 0 spiro atoms. The molecule has 0 aliphatic rings. The zero-order valence-electron chi connectivity index (χ0n) is 17.3. The van der Waals surface area contributed by atoms with Crippen molar-refractivity contribution in [2.75, 3.05) is 26.4 Å². The van der Waals surface area contributed by atoms with E-state index in [1.807, 2.05) is 0 Å². The first-order valence-corrected chi connectivity index (χ1v) is 9.56. The number of ketones is 2. The van der Waals surface area contributed by atoms with E-state index in [2.05, 4.69) is 0 Å². The van der Waals surface area contributed by atoms with E-state index >= 15 is 0 Å². The number of carbonyl (C=O) groups is 2. The van der Waals surface area contributed by atoms with Gasteiger partial charge in [-0.25, -0.2) is 0 Å². The molecule has 4 N–H and O–H groups in total. The van der Waals surface area contributed by atoms with Crippen LogP contribution in [0.5, 0.6) is 23.0 Å². The maximum Gasteiger partial charge on any atom is 0.167 e. The van der Waals surface area contributed by atoms with Crippen molar-refractivity contribution in [3.05, 3.63) is 47.5 Å². The second-order valence-electron chi connectivity index (χ2n) is 6.88. The summed E-state index contributed by atoms with van der Waals surface area (Å²) in [7, 11) is 0. The Morgan fingerprint density at radius 1 is 0.742 bits per heavy atom. The lowest BCUT2D eigenvalue weighted by atomic mass is 10.1. The molecule has 31 heavy (non-hydrogen) atoms. The molecule has 9 nitrogen and oxygen atoms in total. The fourth-order valence-corrected chi connectivity index (χ4v) is 2.80. The van der Waals surface area contributed by atoms with E-state index < -0.39 is 12.2 Å². The van der Waals surface area contributed by atoms with Crippen LogP contribution in [0.25, 0.3) is 0 Å². The van der Waals surface area contributed by atoms with Crippen molar-refractivity contribution in [3.8, 4) is 23.0 Å². The van der Waals surface area contributed by atoms with Crippen LogP contribution >= 0.6 is 0 Å². The summed E-state index contributed by atoms with van der Waals surface area (Å²) in [6, 6.07) is 8.76. The van der Waals surface area contributed by atoms with Gasteiger partial charge in [-0.15, -0.1) is 0 Å². The van der Waals surface area contributed by atoms with Crippen LogP contribution in [0, 0.1) is 0 Å². The van der Waals surface area contributed by atoms with Crippen LogP contribution in [-0.2, 0) is 4.74 Å². The van der Waals surface area contributed by atoms with Gasteiger partial charge in [-0.2, -0.15) is 0 Å². The van der Waals surface area contributed by atoms with Gasteiger partial charge >= 0.3 is 0 Å². The van der Waals surface area contributed by atoms with Crippen LogP contribution in [0.3, 0.4) is 0 Å². The van der Waals surface area contributed by atoms with Gasteiger partial charge in [0, 0.05) is 0 Å². The number of ether oxygens (including phenoxy) is 3. The highest BCUT2D eigenvalue weighted by molar-refractivity contribution is 6.00. The number of Topliss-reactive ketones (excluding diaryl/α,β-unsaturated/α-hetero) is 2. The number of carbonyl (C=O) groups excluding carboxylic acids is 2. The normalized spacial score (nSPS) is 12.8. The Morgan fingerprint density at radius 3 is 1.48 bits per heavy atom. The van der Waals surface area contributed by atoms with Crippen molar-refractivity contribution in [2.24, 2.45) is 0 Å². The number of aliphatic hydroxyl groups is 2. The molecule has 0 radical (unpaired) electrons. The number of phenolic OH excluding ortho intramolecular Hbond substituents is 2. The summed E-state index contributed by atoms with van der Waals surface area (Å²) in [6.07, 6.45) is -2.10. The van der Waals surface area contributed by atoms with E-state index in [1.54, 1.807) is 0 Å². The number of benzene rings is 2. The van der Waals surface area contributed by atoms with Gasteiger partial charge < -0.3 is 34.6 Å². The molecule has 0 saturated heterocycles. The van der Waals surface area contributed by atoms with E-state index in [0.29, 0.717) is 0 Å². The lowest BCUT2D eigenvalue weighted by molar-refractivity contribution is -0.0310. The van der Waals surface area contributed by atoms with Crippen LogP contribution in [0.2, 0.25) is 0 Å². The van der Waals surface area contributed by atoms with E-state index in [-0.39, 0.29) is 72.1 Å². The monoisotopic (exact) mass is 434 g/mol. The second-order valence-corrected chi connectivity index (χ2v) is 6.88. The van der Waals surface area contributed by atoms with Gasteiger partial charge in [-0.05, 0) is 38.1 Å². The molecule has 0 aliphatic heterocycles. The predicted octanol–water partition coefficient (Wildman–Crippen LogP) is 1.70. The quantitative estimate of drug-likeness (QED) is 0.367. The van der Waals surface area contributed by atoms with Gasteiger partial charge in [-0.1, -0.05) is 12.1 Å². The van der Waals surface area contributed by atoms with Crippen molar-refractivity contribution >= 4 is 11.6 Å². The highest BCUT2D eigenvalue weighted by Crippen LogP contribution is 2.29. The summed E-state index contributed by atoms with van der Waals surface area (Å²) < 4.78 is 16.0. The molecule has 0 heterocycles. The van der Waals surface area contributed by atoms with Crippen molar-refractivity contribution in [2.45, 2.75) is 26.1 Å². The fraction of sp³-hybridized carbons (Fsp3) is 0.364. The predicted molar refractivity (Wildman–Crippen MR) is 110 cm³/mol. The largest absolute Gasteiger partial charge is 0.507 e. The number of hydrogen-bond acceptors (Lipinski definition) is 9. The van der Waals surface area contributed by atoms with Gasteiger partial charge in [0.05, 0.1) is 13.2 Å². The molecule has 0 bridgehead atoms. The smallest absolute Gasteiger partial charge is 0.167 e. The topological polar surface area (TPSA) is 143 Å². The average molecular weight is 434 g/mol. The highest BCUT2D eigenvalue weighted by atomic mass is 16.5. The number of rotatable bonds is 12. The molecular formula is C22H26O9. The lowest BCUT2D eigenvalue weighted by Gasteiger charge is -2.17. The molecule has 0 aliphatic carbocycles. The van der Waals surface area contributed by atoms with Gasteiger partial charge in [0.1, 0.15) is 59.5 Å². The van der Waals surface area contributed by atoms with E-state index in [0.717, 1.165) is 0 Å². The third kappa shape index (κ3) is 6.95. The minimum absolute atomic E-state index is 0.0278. The first-order chi connectivity index (χ1) is 14.7. The van der Waals surface area contributed by atoms with Crippen LogP contribution in [0.15, 0.2) is 36.4 Å². The first-order valence-electron chi connectivity index (χ1n) is 9.56. The second kappa shape index (κ2) is 11.3. The van der Waals surface area contributed by atoms with Crippen molar-refractivity contribution in [1.82, 2.24) is 0 Å². The maximum atomic E-state index is 11.6. The average Bonchev–Trinajstić information content (AvgIpc) is 2.70. The van der Waals surface area contributed by atoms with Gasteiger partial charge in [0.15, 0.2) is 11.6 Å². The van der Waals surface area contributed by atoms with Gasteiger partial charge in [0.25, 0.3) is 0 Å². The number of aliphatic hydroxyl groups excluding tert-OH is 2. The van der Waals surface area contributed by atoms with E-state index in [9.17, 15) is 30.0 Å². The molecular weight excluding hydrogens is 408 g/mol. The molecule has 2 unspecified atom stereocenters. The number of hydrogen-bond donors (Lipinski definition) is 4. The zero-order valence-corrected chi connectivity index (χ0v) is 17.3. The van der Waals surface area contributed by atoms with Gasteiger partial charge in [-0.3, -0.25) is 9.59 Å². The summed E-state index contributed by atoms with van der Waals surface area (Å²) in [5, 5.41) is 39.5. The van der Waals surface area contributed by atoms with Crippen LogP contribution in [-0.4, -0.2) is 70.6 Å². The highest BCUT2D eigenvalue weighted by Gasteiger charge is 2.17. The van der Waals surface area contributed by atoms with Crippen LogP contribution in [0.4, 0.5) is 0 Å². The molecule has 0 fully saturated rings. The summed E-state index contributed by atoms with van der Waals surface area (Å²) in [5.41, 5.74) is 0.0557. The molecule has 9 heteroatoms. The van der Waals surface area contributed by atoms with E-state index in [1.165, 1.54) is 50.2 Å². The SMILES string of the molecule is CC(=O)c1c(O)cccc1OCC(O)COCC(O)COc1cccc(O)c1C(C)=O. The Hall–Kier alpha value is -3.14. The van der Waals surface area contributed by atoms with Gasteiger partial charge in [0.2, 0.25) is 0 Å². The third-order valence-electron chi connectivity index (χ3n) is 4.20. The van der Waals surface area contributed by atoms with Crippen molar-refractivity contribution < 1.29 is 44.2 Å². The molecule has 168 valence electrons. The standard InChI is InChI=1S/C22H26O9/c1-13(23)21-17(27)5-3-7-19(21)30-11-15(25)9-29-10-16(26)12-31-20-8-4-6-18(28)22(20)14(2)24/h3-8,15-16,25-28H,9-12H2,1-2H3. The molecule has 0 amide bonds. The molecule has 0 aromatic heterocycles. The zero-order chi connectivity index (χ0) is 23.0. The van der Waals surface area contributed by atoms with Crippen molar-refractivity contribution in [3.63, 3.8) is 0 Å². The van der Waals surface area contributed by atoms with Crippen LogP contribution < -0.4 is 9.47 Å². The summed E-state index contributed by atoms with van der Waals surface area (Å²) in [6.45, 7) is 1.89. The summed E-state index contributed by atoms with van der Waals surface area (Å²) >= 11 is 0.